The molecule has 0 aromatic heterocycles. The largest absolute Gasteiger partial charge is 0.0683 e. The van der Waals surface area contributed by atoms with Crippen LogP contribution in [0, 0.1) is 0 Å². The van der Waals surface area contributed by atoms with Crippen molar-refractivity contribution < 1.29 is 25.8 Å². The Kier molecular flexibility index (Phi) is 3.78. The average molecular weight is 385 g/mol. The fourth-order valence-electron chi connectivity index (χ4n) is 2.40. The zero-order valence-electron chi connectivity index (χ0n) is 9.90. The fraction of sp³-hybridized carbons (Fsp3) is 0.125. The summed E-state index contributed by atoms with van der Waals surface area (Å²) in [5.74, 6) is 0. The van der Waals surface area contributed by atoms with E-state index < -0.39 is 0 Å². The molecule has 0 saturated heterocycles. The predicted molar refractivity (Wildman–Crippen MR) is 69.2 cm³/mol. The van der Waals surface area contributed by atoms with Crippen molar-refractivity contribution in [3.63, 3.8) is 0 Å². The van der Waals surface area contributed by atoms with Crippen molar-refractivity contribution in [3.8, 4) is 11.1 Å². The molecule has 0 spiro atoms. The number of hydrogen-bond acceptors (Lipinski definition) is 0. The quantitative estimate of drug-likeness (QED) is 0.643. The number of benzene rings is 2. The first-order valence-electron chi connectivity index (χ1n) is 5.69. The molecule has 2 aromatic carbocycles. The Morgan fingerprint density at radius 2 is 1.65 bits per heavy atom. The standard InChI is InChI=1S/C16H14.Hf/c1-12-10-14-8-5-9-15(16(14)11-12)13-6-3-2-4-7-13;/h2-9,11H,10H2,1H3;. The molecule has 0 fully saturated rings. The molecule has 0 saturated carbocycles. The van der Waals surface area contributed by atoms with Gasteiger partial charge in [0, 0.05) is 25.8 Å². The van der Waals surface area contributed by atoms with Crippen LogP contribution in [0.3, 0.4) is 0 Å². The number of fused-ring (bicyclic) bond motifs is 1. The first-order valence-corrected chi connectivity index (χ1v) is 5.69. The summed E-state index contributed by atoms with van der Waals surface area (Å²) < 4.78 is 0. The van der Waals surface area contributed by atoms with Crippen LogP contribution < -0.4 is 0 Å². The van der Waals surface area contributed by atoms with Gasteiger partial charge in [0.15, 0.2) is 0 Å². The van der Waals surface area contributed by atoms with E-state index in [1.54, 1.807) is 0 Å². The van der Waals surface area contributed by atoms with Crippen molar-refractivity contribution in [2.45, 2.75) is 13.3 Å². The normalized spacial score (nSPS) is 12.6. The van der Waals surface area contributed by atoms with Gasteiger partial charge < -0.3 is 0 Å². The Balaban J connectivity index is 0.00000108. The molecule has 1 aliphatic carbocycles. The topological polar surface area (TPSA) is 0 Å². The van der Waals surface area contributed by atoms with Crippen molar-refractivity contribution in [2.24, 2.45) is 0 Å². The third-order valence-corrected chi connectivity index (χ3v) is 3.14. The van der Waals surface area contributed by atoms with E-state index in [0.29, 0.717) is 0 Å². The van der Waals surface area contributed by atoms with Crippen LogP contribution in [0.1, 0.15) is 18.1 Å². The minimum Gasteiger partial charge on any atom is -0.0683 e. The number of rotatable bonds is 1. The van der Waals surface area contributed by atoms with Gasteiger partial charge >= 0.3 is 0 Å². The van der Waals surface area contributed by atoms with E-state index in [0.717, 1.165) is 6.42 Å². The summed E-state index contributed by atoms with van der Waals surface area (Å²) in [4.78, 5) is 0. The van der Waals surface area contributed by atoms with Crippen molar-refractivity contribution in [2.75, 3.05) is 0 Å². The van der Waals surface area contributed by atoms with Gasteiger partial charge in [0.05, 0.1) is 0 Å². The SMILES string of the molecule is CC1=Cc2c(cccc2-c2ccccc2)C1.[Hf]. The molecule has 17 heavy (non-hydrogen) atoms. The Morgan fingerprint density at radius 3 is 2.41 bits per heavy atom. The average Bonchev–Trinajstić information content (AvgIpc) is 2.70. The van der Waals surface area contributed by atoms with E-state index in [4.69, 9.17) is 0 Å². The van der Waals surface area contributed by atoms with Crippen LogP contribution >= 0.6 is 0 Å². The summed E-state index contributed by atoms with van der Waals surface area (Å²) in [7, 11) is 0. The third-order valence-electron chi connectivity index (χ3n) is 3.14. The van der Waals surface area contributed by atoms with Crippen LogP contribution in [0.5, 0.6) is 0 Å². The van der Waals surface area contributed by atoms with Gasteiger partial charge in [0.25, 0.3) is 0 Å². The van der Waals surface area contributed by atoms with E-state index in [-0.39, 0.29) is 25.8 Å². The zero-order valence-corrected chi connectivity index (χ0v) is 13.5. The summed E-state index contributed by atoms with van der Waals surface area (Å²) in [5, 5.41) is 0. The van der Waals surface area contributed by atoms with Crippen molar-refractivity contribution in [3.05, 3.63) is 65.2 Å². The smallest absolute Gasteiger partial charge is 0 e. The summed E-state index contributed by atoms with van der Waals surface area (Å²) in [5.41, 5.74) is 6.99. The molecule has 0 aliphatic heterocycles. The van der Waals surface area contributed by atoms with Gasteiger partial charge in [0.2, 0.25) is 0 Å². The summed E-state index contributed by atoms with van der Waals surface area (Å²) in [6, 6.07) is 17.2. The Labute approximate surface area is 121 Å². The molecular weight excluding hydrogens is 371 g/mol. The zero-order chi connectivity index (χ0) is 11.0. The van der Waals surface area contributed by atoms with Gasteiger partial charge in [-0.25, -0.2) is 0 Å². The molecule has 2 aromatic rings. The fourth-order valence-corrected chi connectivity index (χ4v) is 2.40. The second-order valence-corrected chi connectivity index (χ2v) is 4.41. The monoisotopic (exact) mass is 386 g/mol. The van der Waals surface area contributed by atoms with Gasteiger partial charge in [-0.3, -0.25) is 0 Å². The maximum atomic E-state index is 2.32. The van der Waals surface area contributed by atoms with Crippen molar-refractivity contribution in [1.82, 2.24) is 0 Å². The maximum Gasteiger partial charge on any atom is 0 e. The second kappa shape index (κ2) is 5.14. The van der Waals surface area contributed by atoms with Crippen LogP contribution in [-0.2, 0) is 32.3 Å². The molecule has 82 valence electrons. The molecule has 1 aliphatic rings. The minimum absolute atomic E-state index is 0. The van der Waals surface area contributed by atoms with E-state index in [1.165, 1.54) is 27.8 Å². The Hall–Kier alpha value is -0.950. The molecule has 3 rings (SSSR count). The van der Waals surface area contributed by atoms with E-state index >= 15 is 0 Å². The summed E-state index contributed by atoms with van der Waals surface area (Å²) >= 11 is 0. The molecule has 0 N–H and O–H groups in total. The van der Waals surface area contributed by atoms with Gasteiger partial charge in [0.1, 0.15) is 0 Å². The van der Waals surface area contributed by atoms with Gasteiger partial charge in [-0.1, -0.05) is 60.2 Å². The maximum absolute atomic E-state index is 2.32. The van der Waals surface area contributed by atoms with Crippen LogP contribution in [0.25, 0.3) is 17.2 Å². The van der Waals surface area contributed by atoms with Crippen LogP contribution in [0.15, 0.2) is 54.1 Å². The van der Waals surface area contributed by atoms with E-state index in [9.17, 15) is 0 Å². The molecule has 0 heterocycles. The van der Waals surface area contributed by atoms with E-state index in [1.807, 2.05) is 0 Å². The Bertz CT molecular complexity index is 553. The third kappa shape index (κ3) is 2.35. The number of allylic oxidation sites excluding steroid dienone is 1. The van der Waals surface area contributed by atoms with Crippen LogP contribution in [-0.4, -0.2) is 0 Å². The minimum atomic E-state index is 0. The van der Waals surface area contributed by atoms with Gasteiger partial charge in [-0.2, -0.15) is 0 Å². The Morgan fingerprint density at radius 1 is 0.882 bits per heavy atom. The molecule has 0 radical (unpaired) electrons. The summed E-state index contributed by atoms with van der Waals surface area (Å²) in [6.45, 7) is 2.20. The molecule has 0 amide bonds. The second-order valence-electron chi connectivity index (χ2n) is 4.41. The van der Waals surface area contributed by atoms with Gasteiger partial charge in [-0.15, -0.1) is 0 Å². The molecule has 0 unspecified atom stereocenters. The predicted octanol–water partition coefficient (Wildman–Crippen LogP) is 4.31. The van der Waals surface area contributed by atoms with Crippen molar-refractivity contribution >= 4 is 6.08 Å². The van der Waals surface area contributed by atoms with Crippen LogP contribution in [0.2, 0.25) is 0 Å². The first-order chi connectivity index (χ1) is 7.84. The molecule has 0 bridgehead atoms. The van der Waals surface area contributed by atoms with Gasteiger partial charge in [-0.05, 0) is 35.6 Å². The van der Waals surface area contributed by atoms with Crippen LogP contribution in [0.4, 0.5) is 0 Å². The first kappa shape index (κ1) is 12.5. The van der Waals surface area contributed by atoms with E-state index in [2.05, 4.69) is 61.5 Å². The number of hydrogen-bond donors (Lipinski definition) is 0. The van der Waals surface area contributed by atoms with Crippen molar-refractivity contribution in [1.29, 1.82) is 0 Å². The molecular formula is C16H14Hf. The molecule has 0 nitrogen and oxygen atoms in total. The summed E-state index contributed by atoms with van der Waals surface area (Å²) in [6.07, 6.45) is 3.42. The molecule has 1 heteroatoms. The molecule has 0 atom stereocenters.